The zero-order chi connectivity index (χ0) is 13.3. The molecule has 18 heavy (non-hydrogen) atoms. The lowest BCUT2D eigenvalue weighted by atomic mass is 10.0. The molecule has 0 spiro atoms. The number of aryl methyl sites for hydroxylation is 2. The standard InChI is InChI=1S/C14H15NO3/c1-8-4-5-12-11(7-15-10(3)16)6-13(17)18-14(12)9(8)2/h4-6H,7H2,1-3H3,(H,15,16). The summed E-state index contributed by atoms with van der Waals surface area (Å²) in [6.07, 6.45) is 0. The van der Waals surface area contributed by atoms with E-state index in [4.69, 9.17) is 4.42 Å². The summed E-state index contributed by atoms with van der Waals surface area (Å²) in [6, 6.07) is 5.32. The first-order valence-electron chi connectivity index (χ1n) is 5.76. The van der Waals surface area contributed by atoms with Crippen molar-refractivity contribution in [3.63, 3.8) is 0 Å². The van der Waals surface area contributed by atoms with Crippen molar-refractivity contribution in [3.05, 3.63) is 45.3 Å². The van der Waals surface area contributed by atoms with Crippen LogP contribution in [-0.4, -0.2) is 5.91 Å². The molecule has 4 heteroatoms. The lowest BCUT2D eigenvalue weighted by Crippen LogP contribution is -2.20. The smallest absolute Gasteiger partial charge is 0.336 e. The number of rotatable bonds is 2. The van der Waals surface area contributed by atoms with Crippen LogP contribution in [0.2, 0.25) is 0 Å². The average molecular weight is 245 g/mol. The van der Waals surface area contributed by atoms with Gasteiger partial charge < -0.3 is 9.73 Å². The van der Waals surface area contributed by atoms with Gasteiger partial charge in [-0.2, -0.15) is 0 Å². The molecule has 1 aromatic carbocycles. The van der Waals surface area contributed by atoms with Crippen molar-refractivity contribution in [2.24, 2.45) is 0 Å². The van der Waals surface area contributed by atoms with Crippen molar-refractivity contribution in [2.75, 3.05) is 0 Å². The second-order valence-electron chi connectivity index (χ2n) is 4.38. The molecule has 2 rings (SSSR count). The van der Waals surface area contributed by atoms with Crippen molar-refractivity contribution in [3.8, 4) is 0 Å². The number of amides is 1. The van der Waals surface area contributed by atoms with Gasteiger partial charge in [-0.05, 0) is 30.5 Å². The number of fused-ring (bicyclic) bond motifs is 1. The summed E-state index contributed by atoms with van der Waals surface area (Å²) in [5, 5.41) is 3.56. The topological polar surface area (TPSA) is 59.3 Å². The van der Waals surface area contributed by atoms with Gasteiger partial charge in [-0.15, -0.1) is 0 Å². The van der Waals surface area contributed by atoms with Gasteiger partial charge >= 0.3 is 5.63 Å². The highest BCUT2D eigenvalue weighted by atomic mass is 16.4. The zero-order valence-electron chi connectivity index (χ0n) is 10.7. The predicted octanol–water partition coefficient (Wildman–Crippen LogP) is 2.05. The molecule has 1 aromatic heterocycles. The summed E-state index contributed by atoms with van der Waals surface area (Å²) < 4.78 is 5.25. The Bertz CT molecular complexity index is 671. The van der Waals surface area contributed by atoms with E-state index in [9.17, 15) is 9.59 Å². The zero-order valence-corrected chi connectivity index (χ0v) is 10.7. The van der Waals surface area contributed by atoms with Crippen LogP contribution in [0.4, 0.5) is 0 Å². The van der Waals surface area contributed by atoms with Crippen LogP contribution in [0, 0.1) is 13.8 Å². The van der Waals surface area contributed by atoms with Crippen LogP contribution in [0.3, 0.4) is 0 Å². The number of hydrogen-bond donors (Lipinski definition) is 1. The Labute approximate surface area is 105 Å². The first-order valence-corrected chi connectivity index (χ1v) is 5.76. The molecule has 0 saturated carbocycles. The Hall–Kier alpha value is -2.10. The summed E-state index contributed by atoms with van der Waals surface area (Å²) in [4.78, 5) is 22.5. The van der Waals surface area contributed by atoms with E-state index < -0.39 is 5.63 Å². The highest BCUT2D eigenvalue weighted by Crippen LogP contribution is 2.23. The number of nitrogens with one attached hydrogen (secondary N) is 1. The normalized spacial score (nSPS) is 10.6. The molecule has 0 radical (unpaired) electrons. The molecule has 1 N–H and O–H groups in total. The predicted molar refractivity (Wildman–Crippen MR) is 69.5 cm³/mol. The second-order valence-corrected chi connectivity index (χ2v) is 4.38. The van der Waals surface area contributed by atoms with E-state index >= 15 is 0 Å². The maximum Gasteiger partial charge on any atom is 0.336 e. The second kappa shape index (κ2) is 4.64. The molecular weight excluding hydrogens is 230 g/mol. The summed E-state index contributed by atoms with van der Waals surface area (Å²) in [5.74, 6) is -0.125. The van der Waals surface area contributed by atoms with Crippen molar-refractivity contribution < 1.29 is 9.21 Å². The number of carbonyl (C=O) groups excluding carboxylic acids is 1. The van der Waals surface area contributed by atoms with E-state index in [1.54, 1.807) is 0 Å². The third-order valence-electron chi connectivity index (χ3n) is 3.05. The fourth-order valence-corrected chi connectivity index (χ4v) is 1.89. The Morgan fingerprint density at radius 1 is 1.33 bits per heavy atom. The molecule has 94 valence electrons. The van der Waals surface area contributed by atoms with E-state index in [-0.39, 0.29) is 5.91 Å². The minimum absolute atomic E-state index is 0.125. The minimum atomic E-state index is -0.392. The molecule has 4 nitrogen and oxygen atoms in total. The maximum absolute atomic E-state index is 11.5. The molecule has 2 aromatic rings. The molecule has 0 aliphatic heterocycles. The monoisotopic (exact) mass is 245 g/mol. The lowest BCUT2D eigenvalue weighted by Gasteiger charge is -2.09. The van der Waals surface area contributed by atoms with Crippen molar-refractivity contribution >= 4 is 16.9 Å². The largest absolute Gasteiger partial charge is 0.422 e. The summed E-state index contributed by atoms with van der Waals surface area (Å²) in [7, 11) is 0. The van der Waals surface area contributed by atoms with E-state index in [0.29, 0.717) is 12.1 Å². The van der Waals surface area contributed by atoms with Gasteiger partial charge in [0.15, 0.2) is 0 Å². The SMILES string of the molecule is CC(=O)NCc1cc(=O)oc2c(C)c(C)ccc12. The quantitative estimate of drug-likeness (QED) is 0.824. The molecule has 0 bridgehead atoms. The molecular formula is C14H15NO3. The average Bonchev–Trinajstić information content (AvgIpc) is 2.31. The van der Waals surface area contributed by atoms with E-state index in [0.717, 1.165) is 22.1 Å². The number of carbonyl (C=O) groups is 1. The van der Waals surface area contributed by atoms with Crippen LogP contribution in [0.1, 0.15) is 23.6 Å². The molecule has 0 saturated heterocycles. The molecule has 0 fully saturated rings. The van der Waals surface area contributed by atoms with Gasteiger partial charge in [0.25, 0.3) is 0 Å². The first kappa shape index (κ1) is 12.4. The van der Waals surface area contributed by atoms with Crippen LogP contribution in [0.25, 0.3) is 11.0 Å². The van der Waals surface area contributed by atoms with Crippen LogP contribution in [0.5, 0.6) is 0 Å². The lowest BCUT2D eigenvalue weighted by molar-refractivity contribution is -0.119. The highest BCUT2D eigenvalue weighted by molar-refractivity contribution is 5.84. The van der Waals surface area contributed by atoms with Gasteiger partial charge in [0.1, 0.15) is 5.58 Å². The van der Waals surface area contributed by atoms with Gasteiger partial charge in [0.05, 0.1) is 0 Å². The highest BCUT2D eigenvalue weighted by Gasteiger charge is 2.09. The molecule has 0 unspecified atom stereocenters. The third kappa shape index (κ3) is 2.27. The third-order valence-corrected chi connectivity index (χ3v) is 3.05. The Morgan fingerprint density at radius 3 is 2.72 bits per heavy atom. The number of benzene rings is 1. The molecule has 0 atom stereocenters. The molecule has 1 amide bonds. The van der Waals surface area contributed by atoms with Gasteiger partial charge in [0, 0.05) is 24.9 Å². The fraction of sp³-hybridized carbons (Fsp3) is 0.286. The molecule has 0 aliphatic rings. The fourth-order valence-electron chi connectivity index (χ4n) is 1.89. The Kier molecular flexibility index (Phi) is 3.19. The van der Waals surface area contributed by atoms with Gasteiger partial charge in [-0.25, -0.2) is 4.79 Å². The van der Waals surface area contributed by atoms with E-state index in [1.165, 1.54) is 13.0 Å². The van der Waals surface area contributed by atoms with E-state index in [1.807, 2.05) is 26.0 Å². The van der Waals surface area contributed by atoms with E-state index in [2.05, 4.69) is 5.32 Å². The van der Waals surface area contributed by atoms with Crippen LogP contribution in [-0.2, 0) is 11.3 Å². The minimum Gasteiger partial charge on any atom is -0.422 e. The van der Waals surface area contributed by atoms with Crippen LogP contribution >= 0.6 is 0 Å². The molecule has 0 aliphatic carbocycles. The van der Waals surface area contributed by atoms with Crippen LogP contribution in [0.15, 0.2) is 27.4 Å². The summed E-state index contributed by atoms with van der Waals surface area (Å²) >= 11 is 0. The Morgan fingerprint density at radius 2 is 2.06 bits per heavy atom. The van der Waals surface area contributed by atoms with Gasteiger partial charge in [0.2, 0.25) is 5.91 Å². The van der Waals surface area contributed by atoms with Crippen molar-refractivity contribution in [1.82, 2.24) is 5.32 Å². The number of hydrogen-bond acceptors (Lipinski definition) is 3. The summed E-state index contributed by atoms with van der Waals surface area (Å²) in [5.41, 5.74) is 3.01. The first-order chi connectivity index (χ1) is 8.49. The van der Waals surface area contributed by atoms with Gasteiger partial charge in [-0.3, -0.25) is 4.79 Å². The van der Waals surface area contributed by atoms with Crippen molar-refractivity contribution in [2.45, 2.75) is 27.3 Å². The molecule has 1 heterocycles. The maximum atomic E-state index is 11.5. The van der Waals surface area contributed by atoms with Crippen molar-refractivity contribution in [1.29, 1.82) is 0 Å². The van der Waals surface area contributed by atoms with Crippen LogP contribution < -0.4 is 10.9 Å². The van der Waals surface area contributed by atoms with Gasteiger partial charge in [-0.1, -0.05) is 12.1 Å². The Balaban J connectivity index is 2.63. The summed E-state index contributed by atoms with van der Waals surface area (Å²) in [6.45, 7) is 5.67.